The minimum atomic E-state index is 0.199. The molecule has 4 aliphatic rings. The molecule has 0 saturated heterocycles. The quantitative estimate of drug-likeness (QED) is 0.637. The molecule has 1 aromatic rings. The van der Waals surface area contributed by atoms with Crippen LogP contribution in [0.25, 0.3) is 0 Å². The maximum absolute atomic E-state index is 6.82. The highest BCUT2D eigenvalue weighted by Crippen LogP contribution is 2.68. The molecule has 4 bridgehead atoms. The number of nitrogens with two attached hydrogens (primary N) is 1. The average molecular weight is 419 g/mol. The van der Waals surface area contributed by atoms with Crippen molar-refractivity contribution in [2.75, 3.05) is 0 Å². The van der Waals surface area contributed by atoms with E-state index in [1.54, 1.807) is 11.3 Å². The number of thiophene rings is 1. The third kappa shape index (κ3) is 2.09. The minimum absolute atomic E-state index is 0.199. The molecule has 4 heteroatoms. The average Bonchev–Trinajstić information content (AvgIpc) is 2.64. The van der Waals surface area contributed by atoms with Crippen LogP contribution in [-0.4, -0.2) is 0 Å². The SMILES string of the molecule is CC12CC3CC(C1)CC(C(N)c1cc(Br)sc1Br)(C3)C2. The van der Waals surface area contributed by atoms with Gasteiger partial charge in [0, 0.05) is 6.04 Å². The largest absolute Gasteiger partial charge is 0.323 e. The van der Waals surface area contributed by atoms with E-state index in [2.05, 4.69) is 44.8 Å². The van der Waals surface area contributed by atoms with E-state index >= 15 is 0 Å². The van der Waals surface area contributed by atoms with Crippen molar-refractivity contribution in [3.8, 4) is 0 Å². The lowest BCUT2D eigenvalue weighted by molar-refractivity contribution is -0.113. The lowest BCUT2D eigenvalue weighted by Gasteiger charge is -2.63. The van der Waals surface area contributed by atoms with Crippen molar-refractivity contribution in [2.45, 2.75) is 51.5 Å². The van der Waals surface area contributed by atoms with Gasteiger partial charge in [-0.3, -0.25) is 0 Å². The molecule has 1 aromatic heterocycles. The zero-order valence-corrected chi connectivity index (χ0v) is 15.8. The molecule has 4 fully saturated rings. The van der Waals surface area contributed by atoms with Gasteiger partial charge in [0.05, 0.1) is 7.57 Å². The summed E-state index contributed by atoms with van der Waals surface area (Å²) in [6.45, 7) is 2.52. The second-order valence-corrected chi connectivity index (χ2v) is 11.6. The molecule has 0 amide bonds. The van der Waals surface area contributed by atoms with Gasteiger partial charge in [0.2, 0.25) is 0 Å². The number of rotatable bonds is 2. The van der Waals surface area contributed by atoms with E-state index in [9.17, 15) is 0 Å². The molecular weight excluding hydrogens is 398 g/mol. The predicted octanol–water partition coefficient (Wildman–Crippen LogP) is 5.88. The van der Waals surface area contributed by atoms with E-state index in [-0.39, 0.29) is 6.04 Å². The van der Waals surface area contributed by atoms with Gasteiger partial charge in [-0.1, -0.05) is 6.92 Å². The Kier molecular flexibility index (Phi) is 3.24. The van der Waals surface area contributed by atoms with Crippen molar-refractivity contribution in [1.29, 1.82) is 0 Å². The Bertz CT molecular complexity index is 539. The minimum Gasteiger partial charge on any atom is -0.323 e. The molecule has 4 saturated carbocycles. The van der Waals surface area contributed by atoms with Gasteiger partial charge in [0.15, 0.2) is 0 Å². The van der Waals surface area contributed by atoms with Crippen molar-refractivity contribution in [1.82, 2.24) is 0 Å². The van der Waals surface area contributed by atoms with Gasteiger partial charge < -0.3 is 5.73 Å². The van der Waals surface area contributed by atoms with Crippen LogP contribution in [0.3, 0.4) is 0 Å². The number of halogens is 2. The van der Waals surface area contributed by atoms with Crippen molar-refractivity contribution in [2.24, 2.45) is 28.4 Å². The standard InChI is InChI=1S/C16H21Br2NS/c1-15-4-9-2-10(5-15)7-16(6-9,8-15)13(19)11-3-12(17)20-14(11)18/h3,9-10,13H,2,4-8,19H2,1H3. The Morgan fingerprint density at radius 3 is 2.40 bits per heavy atom. The second-order valence-electron chi connectivity index (χ2n) is 7.89. The maximum Gasteiger partial charge on any atom is 0.0758 e. The zero-order valence-electron chi connectivity index (χ0n) is 11.8. The topological polar surface area (TPSA) is 26.0 Å². The van der Waals surface area contributed by atoms with Gasteiger partial charge in [0.1, 0.15) is 0 Å². The molecule has 0 aliphatic heterocycles. The van der Waals surface area contributed by atoms with E-state index in [1.807, 2.05) is 0 Å². The molecule has 110 valence electrons. The summed E-state index contributed by atoms with van der Waals surface area (Å²) in [4.78, 5) is 0. The molecule has 3 unspecified atom stereocenters. The summed E-state index contributed by atoms with van der Waals surface area (Å²) in [5.41, 5.74) is 9.08. The van der Waals surface area contributed by atoms with Crippen molar-refractivity contribution < 1.29 is 0 Å². The Morgan fingerprint density at radius 2 is 1.90 bits per heavy atom. The monoisotopic (exact) mass is 417 g/mol. The van der Waals surface area contributed by atoms with Crippen LogP contribution in [0.1, 0.15) is 57.1 Å². The van der Waals surface area contributed by atoms with Crippen LogP contribution in [-0.2, 0) is 0 Å². The maximum atomic E-state index is 6.82. The molecule has 0 spiro atoms. The highest BCUT2D eigenvalue weighted by molar-refractivity contribution is 9.12. The van der Waals surface area contributed by atoms with Crippen LogP contribution in [0, 0.1) is 22.7 Å². The Morgan fingerprint density at radius 1 is 1.25 bits per heavy atom. The molecule has 1 nitrogen and oxygen atoms in total. The summed E-state index contributed by atoms with van der Waals surface area (Å²) in [7, 11) is 0. The van der Waals surface area contributed by atoms with Crippen LogP contribution in [0.15, 0.2) is 13.6 Å². The van der Waals surface area contributed by atoms with Crippen LogP contribution >= 0.6 is 43.2 Å². The van der Waals surface area contributed by atoms with Gasteiger partial charge in [-0.15, -0.1) is 11.3 Å². The van der Waals surface area contributed by atoms with E-state index in [0.29, 0.717) is 10.8 Å². The molecule has 0 radical (unpaired) electrons. The third-order valence-electron chi connectivity index (χ3n) is 6.08. The third-order valence-corrected chi connectivity index (χ3v) is 8.46. The fourth-order valence-corrected chi connectivity index (χ4v) is 8.99. The van der Waals surface area contributed by atoms with Gasteiger partial charge in [0.25, 0.3) is 0 Å². The van der Waals surface area contributed by atoms with Crippen LogP contribution in [0.4, 0.5) is 0 Å². The zero-order chi connectivity index (χ0) is 14.1. The summed E-state index contributed by atoms with van der Waals surface area (Å²) in [6, 6.07) is 2.44. The first-order valence-electron chi connectivity index (χ1n) is 7.60. The first-order valence-corrected chi connectivity index (χ1v) is 10.00. The van der Waals surface area contributed by atoms with Gasteiger partial charge in [-0.2, -0.15) is 0 Å². The summed E-state index contributed by atoms with van der Waals surface area (Å²) in [5.74, 6) is 1.88. The van der Waals surface area contributed by atoms with Crippen molar-refractivity contribution >= 4 is 43.2 Å². The number of hydrogen-bond acceptors (Lipinski definition) is 2. The first-order chi connectivity index (χ1) is 9.39. The van der Waals surface area contributed by atoms with Gasteiger partial charge >= 0.3 is 0 Å². The molecule has 0 aromatic carbocycles. The lowest BCUT2D eigenvalue weighted by atomic mass is 9.43. The Labute approximate surface area is 142 Å². The van der Waals surface area contributed by atoms with Gasteiger partial charge in [-0.05, 0) is 105 Å². The summed E-state index contributed by atoms with van der Waals surface area (Å²) in [5, 5.41) is 0. The molecule has 5 rings (SSSR count). The summed E-state index contributed by atoms with van der Waals surface area (Å²) in [6.07, 6.45) is 8.44. The fourth-order valence-electron chi connectivity index (χ4n) is 6.06. The van der Waals surface area contributed by atoms with E-state index in [1.165, 1.54) is 51.7 Å². The highest BCUT2D eigenvalue weighted by atomic mass is 79.9. The summed E-state index contributed by atoms with van der Waals surface area (Å²) >= 11 is 9.08. The normalized spacial score (nSPS) is 44.0. The van der Waals surface area contributed by atoms with E-state index in [4.69, 9.17) is 5.73 Å². The molecule has 2 N–H and O–H groups in total. The predicted molar refractivity (Wildman–Crippen MR) is 91.9 cm³/mol. The highest BCUT2D eigenvalue weighted by Gasteiger charge is 2.58. The van der Waals surface area contributed by atoms with Crippen molar-refractivity contribution in [3.63, 3.8) is 0 Å². The first kappa shape index (κ1) is 14.2. The molecule has 1 heterocycles. The lowest BCUT2D eigenvalue weighted by Crippen LogP contribution is -2.54. The molecular formula is C16H21Br2NS. The van der Waals surface area contributed by atoms with E-state index < -0.39 is 0 Å². The second kappa shape index (κ2) is 4.56. The smallest absolute Gasteiger partial charge is 0.0758 e. The van der Waals surface area contributed by atoms with Crippen LogP contribution in [0.5, 0.6) is 0 Å². The van der Waals surface area contributed by atoms with Crippen LogP contribution in [0.2, 0.25) is 0 Å². The fraction of sp³-hybridized carbons (Fsp3) is 0.750. The summed E-state index contributed by atoms with van der Waals surface area (Å²) < 4.78 is 2.41. The Balaban J connectivity index is 1.72. The van der Waals surface area contributed by atoms with E-state index in [0.717, 1.165) is 11.8 Å². The molecule has 20 heavy (non-hydrogen) atoms. The van der Waals surface area contributed by atoms with Gasteiger partial charge in [-0.25, -0.2) is 0 Å². The van der Waals surface area contributed by atoms with Crippen molar-refractivity contribution in [3.05, 3.63) is 19.2 Å². The molecule has 3 atom stereocenters. The Hall–Kier alpha value is 0.620. The molecule has 4 aliphatic carbocycles. The number of hydrogen-bond donors (Lipinski definition) is 1. The van der Waals surface area contributed by atoms with Crippen LogP contribution < -0.4 is 5.73 Å².